The first-order chi connectivity index (χ1) is 10.6. The lowest BCUT2D eigenvalue weighted by Crippen LogP contribution is -2.30. The lowest BCUT2D eigenvalue weighted by atomic mass is 10.3. The maximum atomic E-state index is 12.4. The van der Waals surface area contributed by atoms with Crippen LogP contribution in [0.25, 0.3) is 0 Å². The number of carbonyl (C=O) groups excluding carboxylic acids is 2. The Balaban J connectivity index is 2.38. The molecule has 116 valence electrons. The average molecular weight is 320 g/mol. The molecule has 8 heteroatoms. The average Bonchev–Trinajstić information content (AvgIpc) is 2.85. The van der Waals surface area contributed by atoms with Crippen LogP contribution < -0.4 is 16.0 Å². The van der Waals surface area contributed by atoms with Crippen molar-refractivity contribution in [2.24, 2.45) is 10.9 Å². The van der Waals surface area contributed by atoms with Crippen LogP contribution in [0.4, 0.5) is 10.5 Å². The molecule has 2 aromatic rings. The molecule has 3 N–H and O–H groups in total. The molecule has 0 atom stereocenters. The van der Waals surface area contributed by atoms with Crippen molar-refractivity contribution in [1.29, 1.82) is 0 Å². The molecule has 0 saturated carbocycles. The number of amides is 1. The van der Waals surface area contributed by atoms with Gasteiger partial charge >= 0.3 is 12.0 Å². The number of hydrogen-bond acceptors (Lipinski definition) is 6. The van der Waals surface area contributed by atoms with E-state index in [1.54, 1.807) is 38.1 Å². The number of ether oxygens (including phenoxy) is 1. The SMILES string of the molecule is CCOC(=O)c1sc(=NN)n(C(=O)Nc2ccccc2)c1C. The van der Waals surface area contributed by atoms with Crippen molar-refractivity contribution in [3.05, 3.63) is 45.7 Å². The van der Waals surface area contributed by atoms with Gasteiger partial charge in [-0.3, -0.25) is 0 Å². The summed E-state index contributed by atoms with van der Waals surface area (Å²) in [4.78, 5) is 24.8. The van der Waals surface area contributed by atoms with Gasteiger partial charge in [0, 0.05) is 5.69 Å². The summed E-state index contributed by atoms with van der Waals surface area (Å²) < 4.78 is 6.22. The number of thiazole rings is 1. The van der Waals surface area contributed by atoms with Crippen LogP contribution in [-0.4, -0.2) is 23.2 Å². The zero-order valence-electron chi connectivity index (χ0n) is 12.2. The molecule has 0 fully saturated rings. The second-order valence-corrected chi connectivity index (χ2v) is 5.26. The molecular weight excluding hydrogens is 304 g/mol. The van der Waals surface area contributed by atoms with Gasteiger partial charge in [-0.25, -0.2) is 14.2 Å². The highest BCUT2D eigenvalue weighted by molar-refractivity contribution is 7.11. The second kappa shape index (κ2) is 6.90. The van der Waals surface area contributed by atoms with Gasteiger partial charge in [-0.1, -0.05) is 29.5 Å². The van der Waals surface area contributed by atoms with Crippen molar-refractivity contribution in [1.82, 2.24) is 4.57 Å². The summed E-state index contributed by atoms with van der Waals surface area (Å²) >= 11 is 1.01. The number of nitrogens with one attached hydrogen (secondary N) is 1. The minimum Gasteiger partial charge on any atom is -0.462 e. The van der Waals surface area contributed by atoms with E-state index in [4.69, 9.17) is 10.6 Å². The van der Waals surface area contributed by atoms with Crippen LogP contribution in [-0.2, 0) is 4.74 Å². The number of para-hydroxylation sites is 1. The van der Waals surface area contributed by atoms with E-state index in [-0.39, 0.29) is 11.4 Å². The lowest BCUT2D eigenvalue weighted by Gasteiger charge is -2.07. The molecule has 0 aliphatic carbocycles. The third kappa shape index (κ3) is 3.17. The number of aromatic nitrogens is 1. The van der Waals surface area contributed by atoms with Crippen LogP contribution in [0.1, 0.15) is 22.3 Å². The van der Waals surface area contributed by atoms with Gasteiger partial charge in [0.2, 0.25) is 4.80 Å². The van der Waals surface area contributed by atoms with E-state index in [2.05, 4.69) is 10.4 Å². The molecule has 0 spiro atoms. The fourth-order valence-corrected chi connectivity index (χ4v) is 2.79. The Hall–Kier alpha value is -2.61. The van der Waals surface area contributed by atoms with E-state index < -0.39 is 12.0 Å². The number of carbonyl (C=O) groups is 2. The number of esters is 1. The van der Waals surface area contributed by atoms with Crippen molar-refractivity contribution >= 4 is 29.0 Å². The predicted octanol–water partition coefficient (Wildman–Crippen LogP) is 1.89. The molecule has 22 heavy (non-hydrogen) atoms. The third-order valence-corrected chi connectivity index (χ3v) is 3.98. The van der Waals surface area contributed by atoms with Crippen molar-refractivity contribution < 1.29 is 14.3 Å². The molecule has 7 nitrogen and oxygen atoms in total. The van der Waals surface area contributed by atoms with Gasteiger partial charge in [0.25, 0.3) is 0 Å². The van der Waals surface area contributed by atoms with Crippen LogP contribution in [0, 0.1) is 6.92 Å². The Morgan fingerprint density at radius 2 is 2.05 bits per heavy atom. The van der Waals surface area contributed by atoms with Crippen LogP contribution in [0.5, 0.6) is 0 Å². The molecule has 0 saturated heterocycles. The van der Waals surface area contributed by atoms with Gasteiger partial charge in [-0.15, -0.1) is 0 Å². The minimum absolute atomic E-state index is 0.217. The summed E-state index contributed by atoms with van der Waals surface area (Å²) in [7, 11) is 0. The third-order valence-electron chi connectivity index (χ3n) is 2.85. The Morgan fingerprint density at radius 3 is 2.64 bits per heavy atom. The van der Waals surface area contributed by atoms with E-state index in [1.807, 2.05) is 6.07 Å². The maximum Gasteiger partial charge on any atom is 0.350 e. The smallest absolute Gasteiger partial charge is 0.350 e. The van der Waals surface area contributed by atoms with Gasteiger partial charge in [0.15, 0.2) is 0 Å². The first-order valence-electron chi connectivity index (χ1n) is 6.58. The van der Waals surface area contributed by atoms with E-state index >= 15 is 0 Å². The van der Waals surface area contributed by atoms with Gasteiger partial charge in [-0.2, -0.15) is 5.10 Å². The second-order valence-electron chi connectivity index (χ2n) is 4.28. The monoisotopic (exact) mass is 320 g/mol. The van der Waals surface area contributed by atoms with Gasteiger partial charge in [0.05, 0.1) is 12.3 Å². The fraction of sp³-hybridized carbons (Fsp3) is 0.214. The standard InChI is InChI=1S/C14H16N4O3S/c1-3-21-12(19)11-9(2)18(14(17-15)22-11)13(20)16-10-7-5-4-6-8-10/h4-8H,3,15H2,1-2H3,(H,16,20). The van der Waals surface area contributed by atoms with E-state index in [1.165, 1.54) is 4.57 Å². The summed E-state index contributed by atoms with van der Waals surface area (Å²) in [5.41, 5.74) is 1.06. The number of benzene rings is 1. The highest BCUT2D eigenvalue weighted by Gasteiger charge is 2.21. The zero-order chi connectivity index (χ0) is 16.1. The fourth-order valence-electron chi connectivity index (χ4n) is 1.87. The van der Waals surface area contributed by atoms with Crippen molar-refractivity contribution in [2.45, 2.75) is 13.8 Å². The summed E-state index contributed by atoms with van der Waals surface area (Å²) in [5, 5.41) is 6.29. The molecular formula is C14H16N4O3S. The lowest BCUT2D eigenvalue weighted by molar-refractivity contribution is 0.0531. The molecule has 1 aromatic carbocycles. The number of anilines is 1. The first kappa shape index (κ1) is 15.8. The molecule has 0 unspecified atom stereocenters. The van der Waals surface area contributed by atoms with Gasteiger partial charge in [-0.05, 0) is 26.0 Å². The summed E-state index contributed by atoms with van der Waals surface area (Å²) in [6, 6.07) is 8.52. The van der Waals surface area contributed by atoms with Crippen LogP contribution in [0.15, 0.2) is 35.4 Å². The Morgan fingerprint density at radius 1 is 1.36 bits per heavy atom. The normalized spacial score (nSPS) is 11.3. The highest BCUT2D eigenvalue weighted by atomic mass is 32.1. The minimum atomic E-state index is -0.499. The number of rotatable bonds is 3. The van der Waals surface area contributed by atoms with Crippen molar-refractivity contribution in [3.63, 3.8) is 0 Å². The summed E-state index contributed by atoms with van der Waals surface area (Å²) in [6.45, 7) is 3.61. The highest BCUT2D eigenvalue weighted by Crippen LogP contribution is 2.14. The Bertz CT molecular complexity index is 749. The van der Waals surface area contributed by atoms with Gasteiger partial charge in [0.1, 0.15) is 4.88 Å². The van der Waals surface area contributed by atoms with Crippen LogP contribution >= 0.6 is 11.3 Å². The maximum absolute atomic E-state index is 12.4. The molecule has 0 aliphatic heterocycles. The molecule has 1 amide bonds. The molecule has 2 rings (SSSR count). The number of hydrogen-bond donors (Lipinski definition) is 2. The Labute approximate surface area is 131 Å². The predicted molar refractivity (Wildman–Crippen MR) is 83.6 cm³/mol. The number of nitrogens with zero attached hydrogens (tertiary/aromatic N) is 2. The molecule has 0 radical (unpaired) electrons. The van der Waals surface area contributed by atoms with Gasteiger partial charge < -0.3 is 15.9 Å². The van der Waals surface area contributed by atoms with E-state index in [0.717, 1.165) is 11.3 Å². The molecule has 1 heterocycles. The Kier molecular flexibility index (Phi) is 4.95. The first-order valence-corrected chi connectivity index (χ1v) is 7.40. The largest absolute Gasteiger partial charge is 0.462 e. The van der Waals surface area contributed by atoms with Crippen molar-refractivity contribution in [3.8, 4) is 0 Å². The summed E-state index contributed by atoms with van der Waals surface area (Å²) in [5.74, 6) is 4.82. The quantitative estimate of drug-likeness (QED) is 0.512. The molecule has 0 bridgehead atoms. The van der Waals surface area contributed by atoms with E-state index in [9.17, 15) is 9.59 Å². The van der Waals surface area contributed by atoms with E-state index in [0.29, 0.717) is 16.3 Å². The summed E-state index contributed by atoms with van der Waals surface area (Å²) in [6.07, 6.45) is 0. The number of nitrogens with two attached hydrogens (primary N) is 1. The zero-order valence-corrected chi connectivity index (χ0v) is 13.0. The topological polar surface area (TPSA) is 98.7 Å². The van der Waals surface area contributed by atoms with Crippen LogP contribution in [0.2, 0.25) is 0 Å². The van der Waals surface area contributed by atoms with Crippen molar-refractivity contribution in [2.75, 3.05) is 11.9 Å². The molecule has 0 aliphatic rings. The van der Waals surface area contributed by atoms with Crippen LogP contribution in [0.3, 0.4) is 0 Å². The molecule has 1 aromatic heterocycles.